The van der Waals surface area contributed by atoms with Crippen LogP contribution in [0.1, 0.15) is 17.3 Å². The van der Waals surface area contributed by atoms with Gasteiger partial charge in [-0.1, -0.05) is 6.07 Å². The highest BCUT2D eigenvalue weighted by Crippen LogP contribution is 2.28. The fourth-order valence-electron chi connectivity index (χ4n) is 2.79. The molecule has 0 aliphatic heterocycles. The van der Waals surface area contributed by atoms with Gasteiger partial charge in [0.05, 0.1) is 18.3 Å². The number of ether oxygens (including phenoxy) is 1. The normalized spacial score (nSPS) is 11.2. The van der Waals surface area contributed by atoms with Crippen molar-refractivity contribution in [3.63, 3.8) is 0 Å². The van der Waals surface area contributed by atoms with E-state index in [2.05, 4.69) is 15.2 Å². The zero-order valence-electron chi connectivity index (χ0n) is 13.3. The number of aromatic nitrogens is 5. The Hall–Kier alpha value is -3.22. The monoisotopic (exact) mass is 321 g/mol. The summed E-state index contributed by atoms with van der Waals surface area (Å²) in [5.41, 5.74) is 3.25. The maximum absolute atomic E-state index is 12.4. The third-order valence-electron chi connectivity index (χ3n) is 3.89. The molecule has 0 atom stereocenters. The van der Waals surface area contributed by atoms with Crippen molar-refractivity contribution >= 4 is 22.5 Å². The Labute approximate surface area is 137 Å². The average molecular weight is 321 g/mol. The third-order valence-corrected chi connectivity index (χ3v) is 3.89. The molecule has 0 aliphatic carbocycles. The minimum absolute atomic E-state index is 0.296. The highest BCUT2D eigenvalue weighted by atomic mass is 16.5. The maximum atomic E-state index is 12.4. The van der Waals surface area contributed by atoms with Crippen LogP contribution in [0.5, 0.6) is 0 Å². The number of carbonyl (C=O) groups is 1. The Morgan fingerprint density at radius 3 is 3.04 bits per heavy atom. The molecule has 7 heteroatoms. The van der Waals surface area contributed by atoms with Crippen LogP contribution in [-0.4, -0.2) is 37.0 Å². The van der Waals surface area contributed by atoms with Gasteiger partial charge in [-0.3, -0.25) is 4.68 Å². The van der Waals surface area contributed by atoms with Crippen LogP contribution in [0.2, 0.25) is 0 Å². The number of nitrogens with zero attached hydrogens (tertiary/aromatic N) is 5. The predicted molar refractivity (Wildman–Crippen MR) is 88.7 cm³/mol. The number of hydrogen-bond donors (Lipinski definition) is 0. The van der Waals surface area contributed by atoms with Crippen molar-refractivity contribution in [3.8, 4) is 11.3 Å². The summed E-state index contributed by atoms with van der Waals surface area (Å²) >= 11 is 0. The van der Waals surface area contributed by atoms with Crippen molar-refractivity contribution in [1.29, 1.82) is 0 Å². The lowest BCUT2D eigenvalue weighted by atomic mass is 10.1. The zero-order valence-corrected chi connectivity index (χ0v) is 13.3. The van der Waals surface area contributed by atoms with Gasteiger partial charge in [-0.2, -0.15) is 10.2 Å². The molecule has 0 saturated heterocycles. The van der Waals surface area contributed by atoms with E-state index in [9.17, 15) is 4.79 Å². The second kappa shape index (κ2) is 5.45. The fourth-order valence-corrected chi connectivity index (χ4v) is 2.79. The second-order valence-corrected chi connectivity index (χ2v) is 5.37. The molecule has 0 aliphatic rings. The van der Waals surface area contributed by atoms with E-state index in [0.717, 1.165) is 16.5 Å². The van der Waals surface area contributed by atoms with E-state index in [1.807, 2.05) is 25.2 Å². The molecular formula is C17H15N5O2. The van der Waals surface area contributed by atoms with Gasteiger partial charge in [0.1, 0.15) is 11.3 Å². The molecule has 0 radical (unpaired) electrons. The van der Waals surface area contributed by atoms with E-state index >= 15 is 0 Å². The van der Waals surface area contributed by atoms with Crippen LogP contribution >= 0.6 is 0 Å². The molecule has 7 nitrogen and oxygen atoms in total. The summed E-state index contributed by atoms with van der Waals surface area (Å²) in [6.45, 7) is 2.07. The van der Waals surface area contributed by atoms with Crippen molar-refractivity contribution in [2.24, 2.45) is 7.05 Å². The van der Waals surface area contributed by atoms with Crippen molar-refractivity contribution in [2.45, 2.75) is 6.92 Å². The van der Waals surface area contributed by atoms with Crippen molar-refractivity contribution < 1.29 is 9.53 Å². The van der Waals surface area contributed by atoms with Crippen LogP contribution in [0.3, 0.4) is 0 Å². The summed E-state index contributed by atoms with van der Waals surface area (Å²) in [6.07, 6.45) is 5.18. The lowest BCUT2D eigenvalue weighted by molar-refractivity contribution is 0.0529. The van der Waals surface area contributed by atoms with E-state index in [4.69, 9.17) is 4.74 Å². The van der Waals surface area contributed by atoms with Crippen molar-refractivity contribution in [2.75, 3.05) is 6.61 Å². The molecule has 3 aromatic heterocycles. The maximum Gasteiger partial charge on any atom is 0.344 e. The molecule has 0 fully saturated rings. The number of rotatable bonds is 3. The Bertz CT molecular complexity index is 1060. The third kappa shape index (κ3) is 2.13. The van der Waals surface area contributed by atoms with E-state index in [1.54, 1.807) is 40.8 Å². The lowest BCUT2D eigenvalue weighted by Gasteiger charge is -2.03. The molecule has 0 spiro atoms. The molecule has 4 rings (SSSR count). The standard InChI is InChI=1S/C17H15N5O2/c1-3-24-17(23)14-15(20-22-8-4-7-18-16(14)22)11-5-6-13-12(9-11)10-19-21(13)2/h4-10H,3H2,1-2H3. The Kier molecular flexibility index (Phi) is 3.26. The largest absolute Gasteiger partial charge is 0.462 e. The number of benzene rings is 1. The number of esters is 1. The van der Waals surface area contributed by atoms with Crippen LogP contribution < -0.4 is 0 Å². The molecule has 1 aromatic carbocycles. The highest BCUT2D eigenvalue weighted by Gasteiger charge is 2.23. The van der Waals surface area contributed by atoms with E-state index < -0.39 is 5.97 Å². The molecule has 0 saturated carbocycles. The molecule has 0 bridgehead atoms. The van der Waals surface area contributed by atoms with Gasteiger partial charge in [-0.15, -0.1) is 0 Å². The topological polar surface area (TPSA) is 74.3 Å². The zero-order chi connectivity index (χ0) is 16.7. The van der Waals surface area contributed by atoms with E-state index in [0.29, 0.717) is 23.5 Å². The first-order valence-corrected chi connectivity index (χ1v) is 7.61. The van der Waals surface area contributed by atoms with E-state index in [-0.39, 0.29) is 0 Å². The second-order valence-electron chi connectivity index (χ2n) is 5.37. The Balaban J connectivity index is 1.96. The summed E-state index contributed by atoms with van der Waals surface area (Å²) in [4.78, 5) is 16.7. The quantitative estimate of drug-likeness (QED) is 0.542. The minimum atomic E-state index is -0.424. The molecule has 0 unspecified atom stereocenters. The van der Waals surface area contributed by atoms with Crippen LogP contribution in [0.4, 0.5) is 0 Å². The summed E-state index contributed by atoms with van der Waals surface area (Å²) in [5.74, 6) is -0.424. The number of fused-ring (bicyclic) bond motifs is 2. The van der Waals surface area contributed by atoms with Gasteiger partial charge >= 0.3 is 5.97 Å². The van der Waals surface area contributed by atoms with Crippen LogP contribution in [0.25, 0.3) is 27.8 Å². The highest BCUT2D eigenvalue weighted by molar-refractivity contribution is 6.03. The van der Waals surface area contributed by atoms with Gasteiger partial charge in [0.15, 0.2) is 5.65 Å². The summed E-state index contributed by atoms with van der Waals surface area (Å²) in [7, 11) is 1.89. The smallest absolute Gasteiger partial charge is 0.344 e. The predicted octanol–water partition coefficient (Wildman–Crippen LogP) is 2.46. The molecule has 4 aromatic rings. The first-order valence-electron chi connectivity index (χ1n) is 7.61. The summed E-state index contributed by atoms with van der Waals surface area (Å²) in [6, 6.07) is 7.62. The Morgan fingerprint density at radius 1 is 1.33 bits per heavy atom. The molecule has 24 heavy (non-hydrogen) atoms. The fraction of sp³-hybridized carbons (Fsp3) is 0.176. The van der Waals surface area contributed by atoms with Crippen LogP contribution in [0, 0.1) is 0 Å². The Morgan fingerprint density at radius 2 is 2.21 bits per heavy atom. The number of carbonyl (C=O) groups excluding carboxylic acids is 1. The molecular weight excluding hydrogens is 306 g/mol. The summed E-state index contributed by atoms with van der Waals surface area (Å²) < 4.78 is 8.59. The molecule has 120 valence electrons. The summed E-state index contributed by atoms with van der Waals surface area (Å²) in [5, 5.41) is 9.75. The van der Waals surface area contributed by atoms with Gasteiger partial charge < -0.3 is 4.74 Å². The van der Waals surface area contributed by atoms with Gasteiger partial charge in [0.2, 0.25) is 0 Å². The van der Waals surface area contributed by atoms with Crippen molar-refractivity contribution in [3.05, 3.63) is 48.4 Å². The van der Waals surface area contributed by atoms with E-state index in [1.165, 1.54) is 0 Å². The van der Waals surface area contributed by atoms with Gasteiger partial charge in [-0.25, -0.2) is 14.3 Å². The van der Waals surface area contributed by atoms with Crippen LogP contribution in [0.15, 0.2) is 42.9 Å². The van der Waals surface area contributed by atoms with Crippen LogP contribution in [-0.2, 0) is 11.8 Å². The average Bonchev–Trinajstić information content (AvgIpc) is 3.16. The lowest BCUT2D eigenvalue weighted by Crippen LogP contribution is -2.06. The first kappa shape index (κ1) is 14.4. The molecule has 0 amide bonds. The van der Waals surface area contributed by atoms with Gasteiger partial charge in [0, 0.05) is 30.4 Å². The van der Waals surface area contributed by atoms with Gasteiger partial charge in [0.25, 0.3) is 0 Å². The SMILES string of the molecule is CCOC(=O)c1c(-c2ccc3c(cnn3C)c2)nn2cccnc12. The van der Waals surface area contributed by atoms with Crippen molar-refractivity contribution in [1.82, 2.24) is 24.4 Å². The molecule has 3 heterocycles. The first-order chi connectivity index (χ1) is 11.7. The van der Waals surface area contributed by atoms with Gasteiger partial charge in [-0.05, 0) is 25.1 Å². The number of aryl methyl sites for hydroxylation is 1. The molecule has 0 N–H and O–H groups in total. The number of hydrogen-bond acceptors (Lipinski definition) is 5. The minimum Gasteiger partial charge on any atom is -0.462 e.